The number of rotatable bonds is 1. The van der Waals surface area contributed by atoms with Gasteiger partial charge in [-0.2, -0.15) is 0 Å². The molecule has 0 amide bonds. The molecule has 1 spiro atoms. The van der Waals surface area contributed by atoms with Crippen molar-refractivity contribution in [3.8, 4) is 11.8 Å². The second-order valence-corrected chi connectivity index (χ2v) is 7.05. The Kier molecular flexibility index (Phi) is 4.72. The van der Waals surface area contributed by atoms with Crippen LogP contribution in [0.4, 0.5) is 0 Å². The van der Waals surface area contributed by atoms with Crippen LogP contribution >= 0.6 is 11.6 Å². The van der Waals surface area contributed by atoms with E-state index in [-0.39, 0.29) is 11.7 Å². The Labute approximate surface area is 153 Å². The Bertz CT molecular complexity index is 807. The molecule has 2 aromatic heterocycles. The fourth-order valence-electron chi connectivity index (χ4n) is 3.67. The summed E-state index contributed by atoms with van der Waals surface area (Å²) in [5.41, 5.74) is 2.82. The predicted molar refractivity (Wildman–Crippen MR) is 97.4 cm³/mol. The Morgan fingerprint density at radius 1 is 1.20 bits per heavy atom. The third-order valence-corrected chi connectivity index (χ3v) is 5.23. The maximum Gasteiger partial charge on any atom is 0.129 e. The van der Waals surface area contributed by atoms with Crippen molar-refractivity contribution in [2.75, 3.05) is 13.1 Å². The summed E-state index contributed by atoms with van der Waals surface area (Å²) in [6.07, 6.45) is 9.51. The molecule has 0 bridgehead atoms. The maximum absolute atomic E-state index is 6.52. The largest absolute Gasteiger partial charge is 0.367 e. The Morgan fingerprint density at radius 2 is 2.08 bits per heavy atom. The first-order valence-corrected chi connectivity index (χ1v) is 9.08. The summed E-state index contributed by atoms with van der Waals surface area (Å²) in [7, 11) is 0. The molecule has 25 heavy (non-hydrogen) atoms. The minimum Gasteiger partial charge on any atom is -0.367 e. The first-order chi connectivity index (χ1) is 12.2. The van der Waals surface area contributed by atoms with Crippen molar-refractivity contribution in [2.24, 2.45) is 0 Å². The number of nitrogens with one attached hydrogen (secondary N) is 1. The number of ether oxygens (including phenoxy) is 1. The van der Waals surface area contributed by atoms with E-state index in [1.807, 2.05) is 18.2 Å². The zero-order valence-corrected chi connectivity index (χ0v) is 14.7. The van der Waals surface area contributed by atoms with Gasteiger partial charge in [0.25, 0.3) is 0 Å². The maximum atomic E-state index is 6.52. The third-order valence-electron chi connectivity index (χ3n) is 5.02. The number of halogens is 1. The van der Waals surface area contributed by atoms with Gasteiger partial charge in [-0.25, -0.2) is 4.98 Å². The monoisotopic (exact) mass is 353 g/mol. The van der Waals surface area contributed by atoms with Gasteiger partial charge < -0.3 is 10.1 Å². The van der Waals surface area contributed by atoms with Crippen LogP contribution in [-0.2, 0) is 4.74 Å². The van der Waals surface area contributed by atoms with Crippen molar-refractivity contribution >= 4 is 11.6 Å². The van der Waals surface area contributed by atoms with Crippen LogP contribution < -0.4 is 5.32 Å². The van der Waals surface area contributed by atoms with Gasteiger partial charge in [0, 0.05) is 35.3 Å². The van der Waals surface area contributed by atoms with Crippen molar-refractivity contribution in [1.29, 1.82) is 0 Å². The Hall–Kier alpha value is -1.93. The molecule has 5 heteroatoms. The molecule has 0 radical (unpaired) electrons. The van der Waals surface area contributed by atoms with Gasteiger partial charge >= 0.3 is 0 Å². The van der Waals surface area contributed by atoms with Crippen LogP contribution in [0.3, 0.4) is 0 Å². The van der Waals surface area contributed by atoms with Crippen molar-refractivity contribution in [3.05, 3.63) is 58.6 Å². The van der Waals surface area contributed by atoms with Crippen molar-refractivity contribution in [3.63, 3.8) is 0 Å². The van der Waals surface area contributed by atoms with E-state index in [0.29, 0.717) is 5.15 Å². The molecular formula is C20H20ClN3O. The van der Waals surface area contributed by atoms with E-state index in [1.54, 1.807) is 18.6 Å². The van der Waals surface area contributed by atoms with Crippen LogP contribution in [-0.4, -0.2) is 28.7 Å². The summed E-state index contributed by atoms with van der Waals surface area (Å²) >= 11 is 6.15. The van der Waals surface area contributed by atoms with Crippen molar-refractivity contribution in [1.82, 2.24) is 15.3 Å². The molecule has 4 rings (SSSR count). The number of hydrogen-bond acceptors (Lipinski definition) is 4. The van der Waals surface area contributed by atoms with E-state index >= 15 is 0 Å². The number of piperidine rings is 1. The topological polar surface area (TPSA) is 47.0 Å². The van der Waals surface area contributed by atoms with Gasteiger partial charge in [0.05, 0.1) is 11.7 Å². The molecular weight excluding hydrogens is 334 g/mol. The van der Waals surface area contributed by atoms with Crippen molar-refractivity contribution in [2.45, 2.75) is 37.4 Å². The lowest BCUT2D eigenvalue weighted by atomic mass is 9.89. The summed E-state index contributed by atoms with van der Waals surface area (Å²) in [4.78, 5) is 8.31. The highest BCUT2D eigenvalue weighted by atomic mass is 35.5. The molecule has 0 aromatic carbocycles. The van der Waals surface area contributed by atoms with E-state index in [0.717, 1.165) is 55.5 Å². The van der Waals surface area contributed by atoms with E-state index in [2.05, 4.69) is 27.1 Å². The molecule has 2 aliphatic rings. The van der Waals surface area contributed by atoms with Gasteiger partial charge in [-0.1, -0.05) is 23.4 Å². The van der Waals surface area contributed by atoms with Crippen LogP contribution in [0.5, 0.6) is 0 Å². The summed E-state index contributed by atoms with van der Waals surface area (Å²) in [5, 5.41) is 3.89. The molecule has 1 unspecified atom stereocenters. The normalized spacial score (nSPS) is 21.7. The average molecular weight is 354 g/mol. The van der Waals surface area contributed by atoms with Gasteiger partial charge in [-0.05, 0) is 57.0 Å². The van der Waals surface area contributed by atoms with Crippen LogP contribution in [0.25, 0.3) is 0 Å². The molecule has 2 fully saturated rings. The van der Waals surface area contributed by atoms with Crippen LogP contribution in [0.1, 0.15) is 48.5 Å². The molecule has 4 nitrogen and oxygen atoms in total. The smallest absolute Gasteiger partial charge is 0.129 e. The summed E-state index contributed by atoms with van der Waals surface area (Å²) in [5.74, 6) is 6.38. The SMILES string of the molecule is Clc1cc(C2CCC3(CCNCC3)O2)c(C#Cc2cccnc2)cn1. The van der Waals surface area contributed by atoms with Crippen LogP contribution in [0, 0.1) is 11.8 Å². The van der Waals surface area contributed by atoms with Gasteiger partial charge in [0.1, 0.15) is 5.15 Å². The lowest BCUT2D eigenvalue weighted by Crippen LogP contribution is -2.41. The van der Waals surface area contributed by atoms with Crippen molar-refractivity contribution < 1.29 is 4.74 Å². The highest BCUT2D eigenvalue weighted by Crippen LogP contribution is 2.44. The molecule has 1 N–H and O–H groups in total. The van der Waals surface area contributed by atoms with E-state index in [4.69, 9.17) is 16.3 Å². The molecule has 2 aromatic rings. The number of nitrogens with zero attached hydrogens (tertiary/aromatic N) is 2. The van der Waals surface area contributed by atoms with Gasteiger partial charge in [-0.3, -0.25) is 4.98 Å². The Balaban J connectivity index is 1.61. The summed E-state index contributed by atoms with van der Waals surface area (Å²) in [6, 6.07) is 5.73. The van der Waals surface area contributed by atoms with Crippen LogP contribution in [0.15, 0.2) is 36.8 Å². The zero-order valence-electron chi connectivity index (χ0n) is 14.0. The lowest BCUT2D eigenvalue weighted by Gasteiger charge is -2.34. The highest BCUT2D eigenvalue weighted by Gasteiger charge is 2.41. The first kappa shape index (κ1) is 16.5. The first-order valence-electron chi connectivity index (χ1n) is 8.70. The lowest BCUT2D eigenvalue weighted by molar-refractivity contribution is -0.0606. The standard InChI is InChI=1S/C20H20ClN3O/c21-19-12-17(18-5-6-20(25-18)7-10-22-11-8-20)16(14-24-19)4-3-15-2-1-9-23-13-15/h1-2,9,12-14,18,22H,5-8,10-11H2. The molecule has 0 saturated carbocycles. The summed E-state index contributed by atoms with van der Waals surface area (Å²) in [6.45, 7) is 2.05. The molecule has 128 valence electrons. The number of pyridine rings is 2. The number of aromatic nitrogens is 2. The fraction of sp³-hybridized carbons (Fsp3) is 0.400. The molecule has 0 aliphatic carbocycles. The minimum atomic E-state index is 0.0136. The molecule has 1 atom stereocenters. The fourth-order valence-corrected chi connectivity index (χ4v) is 3.84. The Morgan fingerprint density at radius 3 is 2.88 bits per heavy atom. The predicted octanol–water partition coefficient (Wildman–Crippen LogP) is 3.50. The second kappa shape index (κ2) is 7.13. The molecule has 4 heterocycles. The quantitative estimate of drug-likeness (QED) is 0.629. The van der Waals surface area contributed by atoms with Gasteiger partial charge in [0.2, 0.25) is 0 Å². The number of hydrogen-bond donors (Lipinski definition) is 1. The van der Waals surface area contributed by atoms with Gasteiger partial charge in [0.15, 0.2) is 0 Å². The zero-order chi connectivity index (χ0) is 17.1. The summed E-state index contributed by atoms with van der Waals surface area (Å²) < 4.78 is 6.52. The van der Waals surface area contributed by atoms with Crippen LogP contribution in [0.2, 0.25) is 5.15 Å². The third kappa shape index (κ3) is 3.69. The van der Waals surface area contributed by atoms with E-state index in [9.17, 15) is 0 Å². The second-order valence-electron chi connectivity index (χ2n) is 6.66. The minimum absolute atomic E-state index is 0.0136. The van der Waals surface area contributed by atoms with E-state index in [1.165, 1.54) is 0 Å². The average Bonchev–Trinajstić information content (AvgIpc) is 3.05. The van der Waals surface area contributed by atoms with Gasteiger partial charge in [-0.15, -0.1) is 0 Å². The molecule has 2 aliphatic heterocycles. The highest BCUT2D eigenvalue weighted by molar-refractivity contribution is 6.29. The van der Waals surface area contributed by atoms with E-state index < -0.39 is 0 Å². The molecule has 2 saturated heterocycles.